The molecular formula is C27H39ClN4O3. The Morgan fingerprint density at radius 2 is 1.86 bits per heavy atom. The summed E-state index contributed by atoms with van der Waals surface area (Å²) < 4.78 is 13.6. The van der Waals surface area contributed by atoms with Crippen molar-refractivity contribution in [2.45, 2.75) is 109 Å². The predicted octanol–water partition coefficient (Wildman–Crippen LogP) is 6.59. The zero-order chi connectivity index (χ0) is 25.1. The maximum Gasteiger partial charge on any atom is 0.305 e. The first-order chi connectivity index (χ1) is 17.0. The number of carbonyl (C=O) groups excluding carboxylic acids is 1. The van der Waals surface area contributed by atoms with Gasteiger partial charge in [-0.3, -0.25) is 4.79 Å². The van der Waals surface area contributed by atoms with Crippen LogP contribution in [-0.4, -0.2) is 32.7 Å². The molecule has 2 unspecified atom stereocenters. The Morgan fingerprint density at radius 3 is 2.51 bits per heavy atom. The second-order valence-electron chi connectivity index (χ2n) is 9.53. The molecule has 0 bridgehead atoms. The van der Waals surface area contributed by atoms with Crippen LogP contribution in [0.1, 0.15) is 103 Å². The molecule has 0 aromatic carbocycles. The van der Waals surface area contributed by atoms with E-state index in [1.165, 1.54) is 57.8 Å². The summed E-state index contributed by atoms with van der Waals surface area (Å²) in [4.78, 5) is 20.6. The summed E-state index contributed by atoms with van der Waals surface area (Å²) >= 11 is 5.99. The number of halogens is 1. The first kappa shape index (κ1) is 27.3. The second-order valence-corrected chi connectivity index (χ2v) is 9.87. The number of nitrogens with zero attached hydrogens (tertiary/aromatic N) is 3. The van der Waals surface area contributed by atoms with E-state index < -0.39 is 5.60 Å². The highest BCUT2D eigenvalue weighted by molar-refractivity contribution is 6.28. The fourth-order valence-corrected chi connectivity index (χ4v) is 4.82. The lowest BCUT2D eigenvalue weighted by Crippen LogP contribution is -2.34. The molecule has 1 aliphatic rings. The first-order valence-electron chi connectivity index (χ1n) is 13.1. The summed E-state index contributed by atoms with van der Waals surface area (Å²) in [5.41, 5.74) is 5.59. The third kappa shape index (κ3) is 7.85. The number of esters is 1. The Balaban J connectivity index is 1.35. The maximum atomic E-state index is 12.3. The van der Waals surface area contributed by atoms with Crippen LogP contribution >= 0.6 is 11.6 Å². The molecule has 7 nitrogen and oxygen atoms in total. The normalized spacial score (nSPS) is 19.7. The highest BCUT2D eigenvalue weighted by atomic mass is 35.5. The van der Waals surface area contributed by atoms with E-state index >= 15 is 0 Å². The molecule has 3 heterocycles. The minimum Gasteiger partial charge on any atom is -0.462 e. The van der Waals surface area contributed by atoms with Crippen molar-refractivity contribution in [3.63, 3.8) is 0 Å². The van der Waals surface area contributed by atoms with Gasteiger partial charge in [0.05, 0.1) is 5.39 Å². The molecular weight excluding hydrogens is 464 g/mol. The number of fused-ring (bicyclic) bond motifs is 1. The van der Waals surface area contributed by atoms with Gasteiger partial charge in [-0.15, -0.1) is 6.42 Å². The van der Waals surface area contributed by atoms with E-state index in [0.29, 0.717) is 36.1 Å². The Morgan fingerprint density at radius 1 is 1.20 bits per heavy atom. The number of unbranched alkanes of at least 4 members (excludes halogenated alkanes) is 10. The minimum absolute atomic E-state index is 0.0495. The average molecular weight is 503 g/mol. The van der Waals surface area contributed by atoms with Crippen LogP contribution in [0.2, 0.25) is 5.28 Å². The Hall–Kier alpha value is -2.30. The fraction of sp³-hybridized carbons (Fsp3) is 0.667. The van der Waals surface area contributed by atoms with Gasteiger partial charge >= 0.3 is 5.97 Å². The third-order valence-electron chi connectivity index (χ3n) is 6.75. The number of nitrogen functional groups attached to an aromatic ring is 1. The Kier molecular flexibility index (Phi) is 10.7. The summed E-state index contributed by atoms with van der Waals surface area (Å²) in [5.74, 6) is 2.81. The van der Waals surface area contributed by atoms with E-state index in [9.17, 15) is 4.79 Å². The number of anilines is 1. The molecule has 3 rings (SSSR count). The van der Waals surface area contributed by atoms with Crippen molar-refractivity contribution in [1.82, 2.24) is 14.5 Å². The number of hydrogen-bond acceptors (Lipinski definition) is 6. The van der Waals surface area contributed by atoms with E-state index in [1.807, 2.05) is 16.8 Å². The molecule has 0 aliphatic carbocycles. The average Bonchev–Trinajstić information content (AvgIpc) is 3.46. The van der Waals surface area contributed by atoms with Gasteiger partial charge in [0.15, 0.2) is 5.60 Å². The summed E-state index contributed by atoms with van der Waals surface area (Å²) in [5, 5.41) is 0.780. The molecule has 192 valence electrons. The fourth-order valence-electron chi connectivity index (χ4n) is 4.65. The van der Waals surface area contributed by atoms with Gasteiger partial charge in [0, 0.05) is 12.6 Å². The quantitative estimate of drug-likeness (QED) is 0.128. The van der Waals surface area contributed by atoms with Gasteiger partial charge in [-0.05, 0) is 36.9 Å². The van der Waals surface area contributed by atoms with Crippen molar-refractivity contribution in [2.75, 3.05) is 12.3 Å². The summed E-state index contributed by atoms with van der Waals surface area (Å²) in [6.07, 6.45) is 22.6. The van der Waals surface area contributed by atoms with Crippen LogP contribution in [0, 0.1) is 12.3 Å². The number of terminal acetylenes is 1. The zero-order valence-corrected chi connectivity index (χ0v) is 21.7. The number of ether oxygens (including phenoxy) is 2. The van der Waals surface area contributed by atoms with Crippen LogP contribution in [0.4, 0.5) is 5.82 Å². The minimum atomic E-state index is -0.948. The van der Waals surface area contributed by atoms with E-state index in [0.717, 1.165) is 12.8 Å². The van der Waals surface area contributed by atoms with Gasteiger partial charge in [-0.25, -0.2) is 4.98 Å². The van der Waals surface area contributed by atoms with E-state index in [2.05, 4.69) is 22.8 Å². The van der Waals surface area contributed by atoms with Crippen LogP contribution in [0.15, 0.2) is 12.3 Å². The number of nitrogens with two attached hydrogens (primary N) is 1. The van der Waals surface area contributed by atoms with Crippen molar-refractivity contribution >= 4 is 34.4 Å². The van der Waals surface area contributed by atoms with E-state index in [-0.39, 0.29) is 24.1 Å². The van der Waals surface area contributed by atoms with Crippen molar-refractivity contribution in [3.05, 3.63) is 17.5 Å². The SMILES string of the molecule is C#CC1(COC(=O)CCCCCCCCCCCCC)CCC(n2ccc3c(N)nc(Cl)nc32)O1. The van der Waals surface area contributed by atoms with Gasteiger partial charge in [0.25, 0.3) is 0 Å². The highest BCUT2D eigenvalue weighted by Crippen LogP contribution is 2.38. The number of aromatic nitrogens is 3. The topological polar surface area (TPSA) is 92.3 Å². The molecule has 2 aromatic rings. The van der Waals surface area contributed by atoms with E-state index in [1.54, 1.807) is 0 Å². The number of hydrogen-bond donors (Lipinski definition) is 1. The van der Waals surface area contributed by atoms with Crippen LogP contribution in [0.25, 0.3) is 11.0 Å². The summed E-state index contributed by atoms with van der Waals surface area (Å²) in [7, 11) is 0. The van der Waals surface area contributed by atoms with Crippen molar-refractivity contribution in [3.8, 4) is 12.3 Å². The van der Waals surface area contributed by atoms with Crippen LogP contribution in [-0.2, 0) is 14.3 Å². The molecule has 1 saturated heterocycles. The monoisotopic (exact) mass is 502 g/mol. The van der Waals surface area contributed by atoms with Gasteiger partial charge in [-0.2, -0.15) is 4.98 Å². The predicted molar refractivity (Wildman–Crippen MR) is 140 cm³/mol. The van der Waals surface area contributed by atoms with Gasteiger partial charge < -0.3 is 19.8 Å². The van der Waals surface area contributed by atoms with E-state index in [4.69, 9.17) is 33.2 Å². The molecule has 0 radical (unpaired) electrons. The van der Waals surface area contributed by atoms with Gasteiger partial charge in [0.2, 0.25) is 5.28 Å². The lowest BCUT2D eigenvalue weighted by Gasteiger charge is -2.24. The molecule has 0 saturated carbocycles. The maximum absolute atomic E-state index is 12.3. The van der Waals surface area contributed by atoms with Crippen LogP contribution in [0.5, 0.6) is 0 Å². The lowest BCUT2D eigenvalue weighted by atomic mass is 10.0. The lowest BCUT2D eigenvalue weighted by molar-refractivity contribution is -0.152. The molecule has 1 aliphatic heterocycles. The molecule has 2 aromatic heterocycles. The van der Waals surface area contributed by atoms with Gasteiger partial charge in [-0.1, -0.05) is 77.1 Å². The largest absolute Gasteiger partial charge is 0.462 e. The summed E-state index contributed by atoms with van der Waals surface area (Å²) in [6.45, 7) is 2.30. The van der Waals surface area contributed by atoms with Gasteiger partial charge in [0.1, 0.15) is 24.3 Å². The Labute approximate surface area is 214 Å². The van der Waals surface area contributed by atoms with Crippen molar-refractivity contribution < 1.29 is 14.3 Å². The zero-order valence-electron chi connectivity index (χ0n) is 20.9. The molecule has 2 N–H and O–H groups in total. The molecule has 35 heavy (non-hydrogen) atoms. The summed E-state index contributed by atoms with van der Waals surface area (Å²) in [6, 6.07) is 1.83. The highest BCUT2D eigenvalue weighted by Gasteiger charge is 2.41. The number of rotatable bonds is 15. The molecule has 1 fully saturated rings. The standard InChI is InChI=1S/C27H39ClN4O3/c1-3-5-6-7-8-9-10-11-12-13-14-15-23(33)34-20-27(4-2)18-16-22(35-27)32-19-17-21-24(29)30-26(28)31-25(21)32/h2,17,19,22H,3,5-16,18,20H2,1H3,(H2,29,30,31). The first-order valence-corrected chi connectivity index (χ1v) is 13.5. The molecule has 8 heteroatoms. The second kappa shape index (κ2) is 13.7. The number of carbonyl (C=O) groups is 1. The molecule has 0 spiro atoms. The smallest absolute Gasteiger partial charge is 0.305 e. The van der Waals surface area contributed by atoms with Crippen LogP contribution in [0.3, 0.4) is 0 Å². The molecule has 0 amide bonds. The van der Waals surface area contributed by atoms with Crippen molar-refractivity contribution in [1.29, 1.82) is 0 Å². The molecule has 2 atom stereocenters. The third-order valence-corrected chi connectivity index (χ3v) is 6.92. The van der Waals surface area contributed by atoms with Crippen LogP contribution < -0.4 is 5.73 Å². The van der Waals surface area contributed by atoms with Crippen molar-refractivity contribution in [2.24, 2.45) is 0 Å². The Bertz CT molecular complexity index is 1000.